The van der Waals surface area contributed by atoms with Crippen molar-refractivity contribution in [2.75, 3.05) is 7.05 Å². The normalized spacial score (nSPS) is 15.3. The molecule has 2 aromatic rings. The molecule has 1 atom stereocenters. The van der Waals surface area contributed by atoms with E-state index in [1.807, 2.05) is 11.7 Å². The van der Waals surface area contributed by atoms with Crippen molar-refractivity contribution in [1.82, 2.24) is 15.1 Å². The third-order valence-corrected chi connectivity index (χ3v) is 4.06. The third-order valence-electron chi connectivity index (χ3n) is 3.77. The van der Waals surface area contributed by atoms with Gasteiger partial charge in [-0.2, -0.15) is 5.10 Å². The van der Waals surface area contributed by atoms with Crippen molar-refractivity contribution in [3.63, 3.8) is 0 Å². The Morgan fingerprint density at radius 3 is 2.95 bits per heavy atom. The van der Waals surface area contributed by atoms with Crippen LogP contribution >= 0.6 is 11.6 Å². The van der Waals surface area contributed by atoms with E-state index in [0.717, 1.165) is 12.2 Å². The van der Waals surface area contributed by atoms with Gasteiger partial charge in [-0.1, -0.05) is 29.8 Å². The number of fused-ring (bicyclic) bond motifs is 1. The first-order valence-corrected chi connectivity index (χ1v) is 7.20. The summed E-state index contributed by atoms with van der Waals surface area (Å²) in [6, 6.07) is 6.52. The van der Waals surface area contributed by atoms with Gasteiger partial charge in [0.05, 0.1) is 36.2 Å². The Bertz CT molecular complexity index is 624. The molecule has 0 fully saturated rings. The van der Waals surface area contributed by atoms with Gasteiger partial charge < -0.3 is 10.1 Å². The van der Waals surface area contributed by atoms with E-state index in [4.69, 9.17) is 16.3 Å². The van der Waals surface area contributed by atoms with Crippen LogP contribution < -0.4 is 5.32 Å². The molecule has 20 heavy (non-hydrogen) atoms. The molecule has 1 aliphatic heterocycles. The lowest BCUT2D eigenvalue weighted by atomic mass is 9.99. The number of aryl methyl sites for hydroxylation is 1. The number of nitrogens with one attached hydrogen (secondary N) is 1. The molecule has 4 nitrogen and oxygen atoms in total. The van der Waals surface area contributed by atoms with E-state index < -0.39 is 0 Å². The van der Waals surface area contributed by atoms with Gasteiger partial charge in [0.2, 0.25) is 0 Å². The Hall–Kier alpha value is -1.36. The standard InChI is InChI=1S/C15H18ClN3O/c1-3-19-15(13(16)7-18-19)14(17-2)10-4-5-11-8-20-9-12(11)6-10/h4-7,14,17H,3,8-9H2,1-2H3. The number of halogens is 1. The molecule has 2 heterocycles. The SMILES string of the molecule is CCn1ncc(Cl)c1C(NC)c1ccc2c(c1)COC2. The summed E-state index contributed by atoms with van der Waals surface area (Å²) in [5, 5.41) is 8.36. The highest BCUT2D eigenvalue weighted by molar-refractivity contribution is 6.31. The second-order valence-electron chi connectivity index (χ2n) is 4.94. The summed E-state index contributed by atoms with van der Waals surface area (Å²) in [4.78, 5) is 0. The molecule has 1 N–H and O–H groups in total. The van der Waals surface area contributed by atoms with Gasteiger partial charge in [-0.3, -0.25) is 4.68 Å². The largest absolute Gasteiger partial charge is 0.372 e. The quantitative estimate of drug-likeness (QED) is 0.941. The minimum atomic E-state index is 0.0378. The van der Waals surface area contributed by atoms with Crippen molar-refractivity contribution in [3.8, 4) is 0 Å². The molecule has 0 saturated heterocycles. The maximum absolute atomic E-state index is 6.32. The molecule has 1 unspecified atom stereocenters. The fourth-order valence-electron chi connectivity index (χ4n) is 2.74. The predicted molar refractivity (Wildman–Crippen MR) is 78.7 cm³/mol. The molecule has 3 rings (SSSR count). The van der Waals surface area contributed by atoms with E-state index in [0.29, 0.717) is 18.2 Å². The summed E-state index contributed by atoms with van der Waals surface area (Å²) in [6.45, 7) is 4.28. The highest BCUT2D eigenvalue weighted by Gasteiger charge is 2.22. The maximum atomic E-state index is 6.32. The van der Waals surface area contributed by atoms with Gasteiger partial charge >= 0.3 is 0 Å². The fraction of sp³-hybridized carbons (Fsp3) is 0.400. The first-order valence-electron chi connectivity index (χ1n) is 6.82. The molecular weight excluding hydrogens is 274 g/mol. The van der Waals surface area contributed by atoms with Crippen LogP contribution in [0.4, 0.5) is 0 Å². The van der Waals surface area contributed by atoms with Crippen LogP contribution in [0.3, 0.4) is 0 Å². The summed E-state index contributed by atoms with van der Waals surface area (Å²) in [5.74, 6) is 0. The zero-order valence-electron chi connectivity index (χ0n) is 11.7. The monoisotopic (exact) mass is 291 g/mol. The number of ether oxygens (including phenoxy) is 1. The highest BCUT2D eigenvalue weighted by Crippen LogP contribution is 2.30. The Balaban J connectivity index is 2.03. The van der Waals surface area contributed by atoms with Crippen LogP contribution in [0.15, 0.2) is 24.4 Å². The zero-order chi connectivity index (χ0) is 14.1. The van der Waals surface area contributed by atoms with Crippen LogP contribution in [-0.4, -0.2) is 16.8 Å². The highest BCUT2D eigenvalue weighted by atomic mass is 35.5. The molecule has 106 valence electrons. The Morgan fingerprint density at radius 1 is 1.40 bits per heavy atom. The minimum Gasteiger partial charge on any atom is -0.372 e. The number of hydrogen-bond donors (Lipinski definition) is 1. The number of nitrogens with zero attached hydrogens (tertiary/aromatic N) is 2. The number of aromatic nitrogens is 2. The van der Waals surface area contributed by atoms with Crippen LogP contribution in [0.1, 0.15) is 35.3 Å². The molecule has 0 amide bonds. The summed E-state index contributed by atoms with van der Waals surface area (Å²) in [6.07, 6.45) is 1.71. The van der Waals surface area contributed by atoms with E-state index in [-0.39, 0.29) is 6.04 Å². The van der Waals surface area contributed by atoms with Gasteiger partial charge in [0.15, 0.2) is 0 Å². The molecule has 1 aliphatic rings. The molecule has 0 aliphatic carbocycles. The van der Waals surface area contributed by atoms with Crippen molar-refractivity contribution in [1.29, 1.82) is 0 Å². The van der Waals surface area contributed by atoms with Crippen molar-refractivity contribution in [3.05, 3.63) is 51.8 Å². The molecule has 1 aromatic carbocycles. The maximum Gasteiger partial charge on any atom is 0.0837 e. The van der Waals surface area contributed by atoms with Crippen LogP contribution in [0.25, 0.3) is 0 Å². The summed E-state index contributed by atoms with van der Waals surface area (Å²) in [5.41, 5.74) is 4.74. The molecule has 5 heteroatoms. The smallest absolute Gasteiger partial charge is 0.0837 e. The van der Waals surface area contributed by atoms with Crippen LogP contribution in [0.5, 0.6) is 0 Å². The lowest BCUT2D eigenvalue weighted by Crippen LogP contribution is -2.22. The summed E-state index contributed by atoms with van der Waals surface area (Å²) in [7, 11) is 1.94. The minimum absolute atomic E-state index is 0.0378. The lowest BCUT2D eigenvalue weighted by Gasteiger charge is -2.19. The van der Waals surface area contributed by atoms with Crippen molar-refractivity contribution < 1.29 is 4.74 Å². The average Bonchev–Trinajstić information content (AvgIpc) is 3.07. The summed E-state index contributed by atoms with van der Waals surface area (Å²) >= 11 is 6.32. The fourth-order valence-corrected chi connectivity index (χ4v) is 2.99. The lowest BCUT2D eigenvalue weighted by molar-refractivity contribution is 0.134. The molecule has 1 aromatic heterocycles. The number of rotatable bonds is 4. The van der Waals surface area contributed by atoms with Crippen molar-refractivity contribution in [2.24, 2.45) is 0 Å². The van der Waals surface area contributed by atoms with Gasteiger partial charge in [-0.15, -0.1) is 0 Å². The first kappa shape index (κ1) is 13.6. The molecular formula is C15H18ClN3O. The molecule has 0 spiro atoms. The number of hydrogen-bond acceptors (Lipinski definition) is 3. The van der Waals surface area contributed by atoms with Crippen molar-refractivity contribution in [2.45, 2.75) is 32.7 Å². The van der Waals surface area contributed by atoms with Gasteiger partial charge in [-0.05, 0) is 30.7 Å². The van der Waals surface area contributed by atoms with E-state index in [9.17, 15) is 0 Å². The van der Waals surface area contributed by atoms with Crippen molar-refractivity contribution >= 4 is 11.6 Å². The van der Waals surface area contributed by atoms with Gasteiger partial charge in [-0.25, -0.2) is 0 Å². The first-order chi connectivity index (χ1) is 9.74. The molecule has 0 bridgehead atoms. The third kappa shape index (κ3) is 2.24. The van der Waals surface area contributed by atoms with Gasteiger partial charge in [0.1, 0.15) is 0 Å². The molecule has 0 saturated carbocycles. The van der Waals surface area contributed by atoms with Gasteiger partial charge in [0.25, 0.3) is 0 Å². The second-order valence-corrected chi connectivity index (χ2v) is 5.34. The van der Waals surface area contributed by atoms with E-state index >= 15 is 0 Å². The van der Waals surface area contributed by atoms with E-state index in [1.165, 1.54) is 16.7 Å². The van der Waals surface area contributed by atoms with Crippen LogP contribution in [0, 0.1) is 0 Å². The van der Waals surface area contributed by atoms with E-state index in [1.54, 1.807) is 6.20 Å². The Morgan fingerprint density at radius 2 is 2.20 bits per heavy atom. The molecule has 0 radical (unpaired) electrons. The summed E-state index contributed by atoms with van der Waals surface area (Å²) < 4.78 is 7.42. The van der Waals surface area contributed by atoms with E-state index in [2.05, 4.69) is 35.5 Å². The Kier molecular flexibility index (Phi) is 3.78. The predicted octanol–water partition coefficient (Wildman–Crippen LogP) is 2.90. The van der Waals surface area contributed by atoms with Crippen LogP contribution in [-0.2, 0) is 24.5 Å². The van der Waals surface area contributed by atoms with Crippen LogP contribution in [0.2, 0.25) is 5.02 Å². The van der Waals surface area contributed by atoms with Gasteiger partial charge in [0, 0.05) is 6.54 Å². The second kappa shape index (κ2) is 5.56. The average molecular weight is 292 g/mol. The number of benzene rings is 1. The Labute approximate surface area is 123 Å². The topological polar surface area (TPSA) is 39.1 Å². The zero-order valence-corrected chi connectivity index (χ0v) is 12.4.